The van der Waals surface area contributed by atoms with E-state index in [-0.39, 0.29) is 0 Å². The van der Waals surface area contributed by atoms with Crippen LogP contribution in [0, 0.1) is 11.8 Å². The Labute approximate surface area is 147 Å². The van der Waals surface area contributed by atoms with E-state index in [4.69, 9.17) is 0 Å². The predicted octanol–water partition coefficient (Wildman–Crippen LogP) is 4.71. The third kappa shape index (κ3) is 3.30. The van der Waals surface area contributed by atoms with Gasteiger partial charge in [0.2, 0.25) is 0 Å². The van der Waals surface area contributed by atoms with Gasteiger partial charge in [-0.2, -0.15) is 0 Å². The summed E-state index contributed by atoms with van der Waals surface area (Å²) in [5.74, 6) is 1.28. The van der Waals surface area contributed by atoms with Crippen LogP contribution in [-0.2, 0) is 11.4 Å². The van der Waals surface area contributed by atoms with Crippen molar-refractivity contribution in [3.63, 3.8) is 0 Å². The zero-order valence-corrected chi connectivity index (χ0v) is 14.6. The number of benzene rings is 2. The second kappa shape index (κ2) is 7.14. The van der Waals surface area contributed by atoms with Crippen LogP contribution in [0.25, 0.3) is 10.8 Å². The Morgan fingerprint density at radius 3 is 2.38 bits per heavy atom. The molecule has 2 aromatic rings. The standard InChI is InChI=1S/C21H23NOS/c23-24(21-11-10-18-8-4-5-9-20(18)16-21)22-14-12-19(13-15-22)17-6-2-1-3-7-17/h2-11,16-17,19H,1,12-15H2. The Hall–Kier alpha value is -1.55. The van der Waals surface area contributed by atoms with Crippen molar-refractivity contribution in [3.8, 4) is 0 Å². The largest absolute Gasteiger partial charge is 0.593 e. The van der Waals surface area contributed by atoms with Crippen LogP contribution in [0.2, 0.25) is 0 Å². The maximum Gasteiger partial charge on any atom is 0.174 e. The lowest BCUT2D eigenvalue weighted by Crippen LogP contribution is -2.39. The molecule has 1 unspecified atom stereocenters. The average molecular weight is 337 g/mol. The van der Waals surface area contributed by atoms with Crippen molar-refractivity contribution >= 4 is 22.1 Å². The van der Waals surface area contributed by atoms with E-state index in [1.807, 2.05) is 18.2 Å². The predicted molar refractivity (Wildman–Crippen MR) is 101 cm³/mol. The molecule has 3 heteroatoms. The van der Waals surface area contributed by atoms with Gasteiger partial charge in [-0.05, 0) is 54.0 Å². The SMILES string of the molecule is [O-][S+](c1ccc2ccccc2c1)N1CCC(C2C=CCC=C2)CC1. The van der Waals surface area contributed by atoms with E-state index in [1.165, 1.54) is 5.39 Å². The van der Waals surface area contributed by atoms with Crippen molar-refractivity contribution in [2.75, 3.05) is 13.1 Å². The van der Waals surface area contributed by atoms with Gasteiger partial charge in [0.15, 0.2) is 4.90 Å². The van der Waals surface area contributed by atoms with Gasteiger partial charge in [-0.15, -0.1) is 4.31 Å². The molecule has 1 atom stereocenters. The molecule has 2 aliphatic rings. The van der Waals surface area contributed by atoms with Gasteiger partial charge in [-0.3, -0.25) is 0 Å². The highest BCUT2D eigenvalue weighted by molar-refractivity contribution is 7.89. The summed E-state index contributed by atoms with van der Waals surface area (Å²) < 4.78 is 15.1. The molecule has 1 saturated heterocycles. The molecule has 124 valence electrons. The van der Waals surface area contributed by atoms with Crippen LogP contribution in [0.15, 0.2) is 71.7 Å². The second-order valence-corrected chi connectivity index (χ2v) is 8.18. The number of hydrogen-bond donors (Lipinski definition) is 0. The minimum atomic E-state index is -1.05. The van der Waals surface area contributed by atoms with Gasteiger partial charge >= 0.3 is 0 Å². The van der Waals surface area contributed by atoms with Crippen LogP contribution in [0.1, 0.15) is 19.3 Å². The molecule has 0 spiro atoms. The average Bonchev–Trinajstić information content (AvgIpc) is 2.68. The zero-order valence-electron chi connectivity index (χ0n) is 13.8. The molecule has 1 fully saturated rings. The molecule has 1 aliphatic heterocycles. The van der Waals surface area contributed by atoms with Crippen LogP contribution < -0.4 is 0 Å². The van der Waals surface area contributed by atoms with Gasteiger partial charge < -0.3 is 4.55 Å². The van der Waals surface area contributed by atoms with Crippen LogP contribution in [-0.4, -0.2) is 21.9 Å². The molecular weight excluding hydrogens is 314 g/mol. The molecule has 0 saturated carbocycles. The Bertz CT molecular complexity index is 749. The first kappa shape index (κ1) is 15.9. The van der Waals surface area contributed by atoms with Crippen molar-refractivity contribution in [3.05, 3.63) is 66.8 Å². The Kier molecular flexibility index (Phi) is 4.74. The first-order valence-corrected chi connectivity index (χ1v) is 9.91. The third-order valence-corrected chi connectivity index (χ3v) is 6.68. The second-order valence-electron chi connectivity index (χ2n) is 6.69. The van der Waals surface area contributed by atoms with Crippen molar-refractivity contribution in [1.29, 1.82) is 0 Å². The van der Waals surface area contributed by atoms with Gasteiger partial charge in [0.1, 0.15) is 0 Å². The van der Waals surface area contributed by atoms with Gasteiger partial charge in [0, 0.05) is 19.2 Å². The summed E-state index contributed by atoms with van der Waals surface area (Å²) in [6, 6.07) is 14.4. The van der Waals surface area contributed by atoms with E-state index in [0.29, 0.717) is 11.8 Å². The van der Waals surface area contributed by atoms with Crippen molar-refractivity contribution in [2.24, 2.45) is 11.8 Å². The summed E-state index contributed by atoms with van der Waals surface area (Å²) in [6.07, 6.45) is 12.6. The maximum atomic E-state index is 12.9. The number of hydrogen-bond acceptors (Lipinski definition) is 2. The highest BCUT2D eigenvalue weighted by Crippen LogP contribution is 2.31. The fourth-order valence-electron chi connectivity index (χ4n) is 3.78. The molecule has 2 aromatic carbocycles. The van der Waals surface area contributed by atoms with Crippen LogP contribution in [0.3, 0.4) is 0 Å². The molecule has 24 heavy (non-hydrogen) atoms. The van der Waals surface area contributed by atoms with E-state index in [2.05, 4.69) is 52.9 Å². The molecule has 0 aromatic heterocycles. The highest BCUT2D eigenvalue weighted by Gasteiger charge is 2.31. The van der Waals surface area contributed by atoms with Gasteiger partial charge in [-0.1, -0.05) is 48.6 Å². The Morgan fingerprint density at radius 1 is 0.917 bits per heavy atom. The molecule has 4 rings (SSSR count). The van der Waals surface area contributed by atoms with E-state index in [9.17, 15) is 4.55 Å². The van der Waals surface area contributed by atoms with E-state index < -0.39 is 11.4 Å². The summed E-state index contributed by atoms with van der Waals surface area (Å²) in [6.45, 7) is 1.84. The summed E-state index contributed by atoms with van der Waals surface area (Å²) >= 11 is -1.05. The van der Waals surface area contributed by atoms with Crippen molar-refractivity contribution in [1.82, 2.24) is 4.31 Å². The van der Waals surface area contributed by atoms with Gasteiger partial charge in [0.05, 0.1) is 11.4 Å². The molecule has 0 radical (unpaired) electrons. The van der Waals surface area contributed by atoms with E-state index in [0.717, 1.165) is 42.6 Å². The number of fused-ring (bicyclic) bond motifs is 1. The fourth-order valence-corrected chi connectivity index (χ4v) is 5.03. The minimum absolute atomic E-state index is 0.579. The minimum Gasteiger partial charge on any atom is -0.593 e. The monoisotopic (exact) mass is 337 g/mol. The van der Waals surface area contributed by atoms with Gasteiger partial charge in [-0.25, -0.2) is 0 Å². The number of allylic oxidation sites excluding steroid dienone is 4. The maximum absolute atomic E-state index is 12.9. The summed E-state index contributed by atoms with van der Waals surface area (Å²) in [5.41, 5.74) is 0. The summed E-state index contributed by atoms with van der Waals surface area (Å²) in [4.78, 5) is 0.921. The quantitative estimate of drug-likeness (QED) is 0.599. The summed E-state index contributed by atoms with van der Waals surface area (Å²) in [7, 11) is 0. The van der Waals surface area contributed by atoms with Crippen LogP contribution >= 0.6 is 0 Å². The molecule has 0 amide bonds. The van der Waals surface area contributed by atoms with E-state index >= 15 is 0 Å². The molecule has 1 heterocycles. The molecular formula is C21H23NOS. The third-order valence-electron chi connectivity index (χ3n) is 5.19. The van der Waals surface area contributed by atoms with Crippen LogP contribution in [0.4, 0.5) is 0 Å². The van der Waals surface area contributed by atoms with E-state index in [1.54, 1.807) is 0 Å². The normalized spacial score (nSPS) is 21.4. The van der Waals surface area contributed by atoms with Gasteiger partial charge in [0.25, 0.3) is 0 Å². The van der Waals surface area contributed by atoms with Crippen LogP contribution in [0.5, 0.6) is 0 Å². The Morgan fingerprint density at radius 2 is 1.62 bits per heavy atom. The molecule has 0 N–H and O–H groups in total. The zero-order chi connectivity index (χ0) is 16.4. The molecule has 1 aliphatic carbocycles. The molecule has 2 nitrogen and oxygen atoms in total. The lowest BCUT2D eigenvalue weighted by atomic mass is 9.83. The topological polar surface area (TPSA) is 26.3 Å². The first-order chi connectivity index (χ1) is 11.8. The lowest BCUT2D eigenvalue weighted by molar-refractivity contribution is 0.249. The number of rotatable bonds is 3. The molecule has 0 bridgehead atoms. The van der Waals surface area contributed by atoms with Crippen molar-refractivity contribution in [2.45, 2.75) is 24.2 Å². The lowest BCUT2D eigenvalue weighted by Gasteiger charge is -2.34. The number of nitrogens with zero attached hydrogens (tertiary/aromatic N) is 1. The highest BCUT2D eigenvalue weighted by atomic mass is 32.2. The Balaban J connectivity index is 1.43. The summed E-state index contributed by atoms with van der Waals surface area (Å²) in [5, 5.41) is 2.36. The first-order valence-electron chi connectivity index (χ1n) is 8.80. The van der Waals surface area contributed by atoms with Crippen molar-refractivity contribution < 1.29 is 4.55 Å². The smallest absolute Gasteiger partial charge is 0.174 e. The fraction of sp³-hybridized carbons (Fsp3) is 0.333. The number of piperidine rings is 1.